The smallest absolute Gasteiger partial charge is 0.227 e. The molecule has 1 spiro atoms. The zero-order chi connectivity index (χ0) is 14.0. The average Bonchev–Trinajstić information content (AvgIpc) is 3.10. The third-order valence-corrected chi connectivity index (χ3v) is 4.64. The van der Waals surface area contributed by atoms with Gasteiger partial charge in [0, 0.05) is 25.0 Å². The summed E-state index contributed by atoms with van der Waals surface area (Å²) in [5, 5.41) is 3.42. The number of amides is 1. The van der Waals surface area contributed by atoms with Gasteiger partial charge in [-0.25, -0.2) is 0 Å². The maximum absolute atomic E-state index is 12.4. The van der Waals surface area contributed by atoms with Crippen LogP contribution in [0.5, 0.6) is 5.75 Å². The molecule has 0 aromatic heterocycles. The number of hydrogen-bond acceptors (Lipinski definition) is 3. The van der Waals surface area contributed by atoms with Gasteiger partial charge in [-0.05, 0) is 37.1 Å². The number of ether oxygens (including phenoxy) is 1. The normalized spacial score (nSPS) is 25.4. The second kappa shape index (κ2) is 5.44. The van der Waals surface area contributed by atoms with Gasteiger partial charge in [-0.15, -0.1) is 0 Å². The standard InChI is InChI=1S/C16H22N2O2/c1-20-14-4-2-13(3-5-14)10-15(19)18-9-7-16(12-18)6-8-17-11-16/h2-5,17H,6-12H2,1H3. The van der Waals surface area contributed by atoms with Crippen LogP contribution in [-0.4, -0.2) is 44.1 Å². The van der Waals surface area contributed by atoms with Crippen LogP contribution in [0.15, 0.2) is 24.3 Å². The molecule has 0 saturated carbocycles. The highest BCUT2D eigenvalue weighted by Gasteiger charge is 2.41. The molecule has 1 amide bonds. The Morgan fingerprint density at radius 3 is 2.80 bits per heavy atom. The number of nitrogens with one attached hydrogen (secondary N) is 1. The molecule has 2 aliphatic heterocycles. The lowest BCUT2D eigenvalue weighted by atomic mass is 9.86. The molecule has 1 aromatic rings. The van der Waals surface area contributed by atoms with E-state index in [4.69, 9.17) is 4.74 Å². The van der Waals surface area contributed by atoms with Gasteiger partial charge in [0.05, 0.1) is 13.5 Å². The fraction of sp³-hybridized carbons (Fsp3) is 0.562. The van der Waals surface area contributed by atoms with E-state index in [-0.39, 0.29) is 5.91 Å². The Labute approximate surface area is 120 Å². The minimum atomic E-state index is 0.249. The second-order valence-corrected chi connectivity index (χ2v) is 6.02. The SMILES string of the molecule is COc1ccc(CC(=O)N2CCC3(CCNC3)C2)cc1. The maximum atomic E-state index is 12.4. The van der Waals surface area contributed by atoms with E-state index in [1.54, 1.807) is 7.11 Å². The molecule has 1 aromatic carbocycles. The lowest BCUT2D eigenvalue weighted by Crippen LogP contribution is -2.34. The Morgan fingerprint density at radius 1 is 1.35 bits per heavy atom. The molecule has 2 aliphatic rings. The highest BCUT2D eigenvalue weighted by molar-refractivity contribution is 5.79. The molecule has 1 N–H and O–H groups in total. The molecule has 2 heterocycles. The van der Waals surface area contributed by atoms with Crippen molar-refractivity contribution in [1.29, 1.82) is 0 Å². The van der Waals surface area contributed by atoms with Crippen molar-refractivity contribution in [2.45, 2.75) is 19.3 Å². The number of likely N-dealkylation sites (tertiary alicyclic amines) is 1. The van der Waals surface area contributed by atoms with E-state index in [9.17, 15) is 4.79 Å². The number of carbonyl (C=O) groups excluding carboxylic acids is 1. The van der Waals surface area contributed by atoms with Gasteiger partial charge < -0.3 is 15.0 Å². The van der Waals surface area contributed by atoms with Crippen LogP contribution in [0.25, 0.3) is 0 Å². The molecular formula is C16H22N2O2. The summed E-state index contributed by atoms with van der Waals surface area (Å²) in [7, 11) is 1.65. The Bertz CT molecular complexity index is 478. The molecule has 0 bridgehead atoms. The molecular weight excluding hydrogens is 252 g/mol. The topological polar surface area (TPSA) is 41.6 Å². The van der Waals surface area contributed by atoms with Gasteiger partial charge in [0.25, 0.3) is 0 Å². The molecule has 1 atom stereocenters. The van der Waals surface area contributed by atoms with Crippen LogP contribution < -0.4 is 10.1 Å². The first-order valence-electron chi connectivity index (χ1n) is 7.32. The van der Waals surface area contributed by atoms with E-state index >= 15 is 0 Å². The maximum Gasteiger partial charge on any atom is 0.227 e. The zero-order valence-corrected chi connectivity index (χ0v) is 12.0. The van der Waals surface area contributed by atoms with Crippen molar-refractivity contribution in [2.24, 2.45) is 5.41 Å². The third-order valence-electron chi connectivity index (χ3n) is 4.64. The number of hydrogen-bond donors (Lipinski definition) is 1. The van der Waals surface area contributed by atoms with E-state index in [0.717, 1.165) is 43.9 Å². The summed E-state index contributed by atoms with van der Waals surface area (Å²) in [5.41, 5.74) is 1.41. The summed E-state index contributed by atoms with van der Waals surface area (Å²) in [6.07, 6.45) is 2.85. The monoisotopic (exact) mass is 274 g/mol. The molecule has 4 heteroatoms. The number of rotatable bonds is 3. The van der Waals surface area contributed by atoms with Crippen LogP contribution in [0.2, 0.25) is 0 Å². The molecule has 4 nitrogen and oxygen atoms in total. The van der Waals surface area contributed by atoms with E-state index in [0.29, 0.717) is 11.8 Å². The van der Waals surface area contributed by atoms with E-state index < -0.39 is 0 Å². The van der Waals surface area contributed by atoms with Crippen molar-refractivity contribution in [1.82, 2.24) is 10.2 Å². The highest BCUT2D eigenvalue weighted by atomic mass is 16.5. The van der Waals surface area contributed by atoms with Gasteiger partial charge in [-0.3, -0.25) is 4.79 Å². The lowest BCUT2D eigenvalue weighted by molar-refractivity contribution is -0.129. The zero-order valence-electron chi connectivity index (χ0n) is 12.0. The lowest BCUT2D eigenvalue weighted by Gasteiger charge is -2.22. The fourth-order valence-corrected chi connectivity index (χ4v) is 3.32. The number of nitrogens with zero attached hydrogens (tertiary/aromatic N) is 1. The van der Waals surface area contributed by atoms with Gasteiger partial charge in [0.15, 0.2) is 0 Å². The first kappa shape index (κ1) is 13.4. The van der Waals surface area contributed by atoms with Crippen molar-refractivity contribution >= 4 is 5.91 Å². The van der Waals surface area contributed by atoms with Gasteiger partial charge in [0.2, 0.25) is 5.91 Å². The first-order chi connectivity index (χ1) is 9.71. The van der Waals surface area contributed by atoms with Crippen molar-refractivity contribution in [2.75, 3.05) is 33.3 Å². The predicted octanol–water partition coefficient (Wildman–Crippen LogP) is 1.45. The Balaban J connectivity index is 1.59. The van der Waals surface area contributed by atoms with E-state index in [2.05, 4.69) is 5.32 Å². The molecule has 1 unspecified atom stereocenters. The van der Waals surface area contributed by atoms with Crippen LogP contribution in [0.1, 0.15) is 18.4 Å². The molecule has 108 valence electrons. The summed E-state index contributed by atoms with van der Waals surface area (Å²) in [5.74, 6) is 1.08. The van der Waals surface area contributed by atoms with Crippen LogP contribution in [-0.2, 0) is 11.2 Å². The summed E-state index contributed by atoms with van der Waals surface area (Å²) in [4.78, 5) is 14.4. The minimum Gasteiger partial charge on any atom is -0.497 e. The number of methoxy groups -OCH3 is 1. The van der Waals surface area contributed by atoms with Crippen molar-refractivity contribution in [3.63, 3.8) is 0 Å². The van der Waals surface area contributed by atoms with Gasteiger partial charge in [0.1, 0.15) is 5.75 Å². The molecule has 20 heavy (non-hydrogen) atoms. The average molecular weight is 274 g/mol. The molecule has 2 fully saturated rings. The second-order valence-electron chi connectivity index (χ2n) is 6.02. The summed E-state index contributed by atoms with van der Waals surface area (Å²) in [6.45, 7) is 4.01. The van der Waals surface area contributed by atoms with Crippen LogP contribution in [0, 0.1) is 5.41 Å². The molecule has 2 saturated heterocycles. The molecule has 0 aliphatic carbocycles. The summed E-state index contributed by atoms with van der Waals surface area (Å²) >= 11 is 0. The van der Waals surface area contributed by atoms with Crippen LogP contribution in [0.4, 0.5) is 0 Å². The Morgan fingerprint density at radius 2 is 2.15 bits per heavy atom. The fourth-order valence-electron chi connectivity index (χ4n) is 3.32. The largest absolute Gasteiger partial charge is 0.497 e. The van der Waals surface area contributed by atoms with Crippen molar-refractivity contribution in [3.05, 3.63) is 29.8 Å². The van der Waals surface area contributed by atoms with E-state index in [1.807, 2.05) is 29.2 Å². The number of carbonyl (C=O) groups is 1. The van der Waals surface area contributed by atoms with Crippen molar-refractivity contribution < 1.29 is 9.53 Å². The predicted molar refractivity (Wildman–Crippen MR) is 77.8 cm³/mol. The molecule has 0 radical (unpaired) electrons. The van der Waals surface area contributed by atoms with Gasteiger partial charge in [-0.2, -0.15) is 0 Å². The Hall–Kier alpha value is -1.55. The Kier molecular flexibility index (Phi) is 3.66. The first-order valence-corrected chi connectivity index (χ1v) is 7.32. The van der Waals surface area contributed by atoms with Crippen molar-refractivity contribution in [3.8, 4) is 5.75 Å². The summed E-state index contributed by atoms with van der Waals surface area (Å²) in [6, 6.07) is 7.77. The van der Waals surface area contributed by atoms with Crippen LogP contribution in [0.3, 0.4) is 0 Å². The van der Waals surface area contributed by atoms with Gasteiger partial charge in [-0.1, -0.05) is 12.1 Å². The number of benzene rings is 1. The van der Waals surface area contributed by atoms with Crippen LogP contribution >= 0.6 is 0 Å². The van der Waals surface area contributed by atoms with E-state index in [1.165, 1.54) is 6.42 Å². The minimum absolute atomic E-state index is 0.249. The highest BCUT2D eigenvalue weighted by Crippen LogP contribution is 2.36. The molecule has 3 rings (SSSR count). The quantitative estimate of drug-likeness (QED) is 0.907. The third kappa shape index (κ3) is 2.66. The van der Waals surface area contributed by atoms with Gasteiger partial charge >= 0.3 is 0 Å². The summed E-state index contributed by atoms with van der Waals surface area (Å²) < 4.78 is 5.13.